The third kappa shape index (κ3) is 5.32. The fraction of sp³-hybridized carbons (Fsp3) is 0.136. The average molecular weight is 454 g/mol. The first-order valence-electron chi connectivity index (χ1n) is 9.73. The maximum atomic E-state index is 12.8. The first-order chi connectivity index (χ1) is 15.8. The van der Waals surface area contributed by atoms with Gasteiger partial charge in [0.25, 0.3) is 6.20 Å². The van der Waals surface area contributed by atoms with Gasteiger partial charge in [0.05, 0.1) is 11.6 Å². The molecule has 0 saturated heterocycles. The second-order valence-electron chi connectivity index (χ2n) is 7.07. The van der Waals surface area contributed by atoms with E-state index >= 15 is 0 Å². The number of nitrogens with zero attached hydrogens (tertiary/aromatic N) is 5. The average Bonchev–Trinajstić information content (AvgIpc) is 3.27. The van der Waals surface area contributed by atoms with Crippen LogP contribution in [0.5, 0.6) is 0 Å². The highest BCUT2D eigenvalue weighted by Crippen LogP contribution is 2.30. The molecule has 1 N–H and O–H groups in total. The van der Waals surface area contributed by atoms with E-state index in [1.165, 1.54) is 29.3 Å². The van der Waals surface area contributed by atoms with E-state index < -0.39 is 17.8 Å². The molecule has 0 bridgehead atoms. The summed E-state index contributed by atoms with van der Waals surface area (Å²) < 4.78 is 45.0. The van der Waals surface area contributed by atoms with E-state index in [0.717, 1.165) is 28.8 Å². The summed E-state index contributed by atoms with van der Waals surface area (Å²) in [6, 6.07) is 10.8. The van der Waals surface area contributed by atoms with Gasteiger partial charge in [-0.3, -0.25) is 4.52 Å². The lowest BCUT2D eigenvalue weighted by molar-refractivity contribution is -0.774. The predicted molar refractivity (Wildman–Crippen MR) is 110 cm³/mol. The Morgan fingerprint density at radius 2 is 1.82 bits per heavy atom. The third-order valence-electron chi connectivity index (χ3n) is 4.81. The van der Waals surface area contributed by atoms with E-state index in [0.29, 0.717) is 0 Å². The summed E-state index contributed by atoms with van der Waals surface area (Å²) in [5.41, 5.74) is 1.85. The van der Waals surface area contributed by atoms with Crippen molar-refractivity contribution < 1.29 is 27.5 Å². The second-order valence-corrected chi connectivity index (χ2v) is 7.07. The Morgan fingerprint density at radius 3 is 2.52 bits per heavy atom. The van der Waals surface area contributed by atoms with Crippen molar-refractivity contribution in [3.05, 3.63) is 84.6 Å². The van der Waals surface area contributed by atoms with Crippen LogP contribution in [-0.2, 0) is 6.18 Å². The van der Waals surface area contributed by atoms with Gasteiger partial charge < -0.3 is 10.4 Å². The minimum absolute atomic E-state index is 0.0387. The molecular formula is C22H17F3N6O2. The van der Waals surface area contributed by atoms with Crippen molar-refractivity contribution in [1.82, 2.24) is 15.2 Å². The molecule has 0 fully saturated rings. The van der Waals surface area contributed by atoms with E-state index in [9.17, 15) is 18.3 Å². The number of aliphatic imine (C=N–C) groups is 1. The maximum absolute atomic E-state index is 12.8. The lowest BCUT2D eigenvalue weighted by atomic mass is 10.0. The van der Waals surface area contributed by atoms with E-state index in [1.807, 2.05) is 31.2 Å². The number of aromatic nitrogens is 4. The number of rotatable bonds is 5. The lowest BCUT2D eigenvalue weighted by Crippen LogP contribution is -2.39. The van der Waals surface area contributed by atoms with Crippen LogP contribution in [0.1, 0.15) is 24.1 Å². The molecule has 1 atom stereocenters. The first-order valence-corrected chi connectivity index (χ1v) is 9.73. The van der Waals surface area contributed by atoms with Crippen molar-refractivity contribution >= 4 is 17.6 Å². The van der Waals surface area contributed by atoms with Crippen LogP contribution in [0.4, 0.5) is 24.7 Å². The maximum Gasteiger partial charge on any atom is 0.416 e. The zero-order chi connectivity index (χ0) is 23.4. The lowest BCUT2D eigenvalue weighted by Gasteiger charge is -2.14. The van der Waals surface area contributed by atoms with Gasteiger partial charge in [-0.2, -0.15) is 13.2 Å². The quantitative estimate of drug-likeness (QED) is 0.281. The smallest absolute Gasteiger partial charge is 0.416 e. The molecule has 4 rings (SSSR count). The molecule has 2 aromatic heterocycles. The normalized spacial score (nSPS) is 13.0. The van der Waals surface area contributed by atoms with Crippen LogP contribution in [0, 0.1) is 0 Å². The van der Waals surface area contributed by atoms with Gasteiger partial charge in [0.2, 0.25) is 11.3 Å². The number of halogens is 3. The summed E-state index contributed by atoms with van der Waals surface area (Å²) in [6.07, 6.45) is 1.81. The first kappa shape index (κ1) is 21.9. The molecule has 0 amide bonds. The Bertz CT molecular complexity index is 1260. The summed E-state index contributed by atoms with van der Waals surface area (Å²) in [5, 5.41) is 18.3. The van der Waals surface area contributed by atoms with Crippen molar-refractivity contribution in [3.8, 4) is 11.1 Å². The molecule has 168 valence electrons. The molecule has 11 heteroatoms. The highest BCUT2D eigenvalue weighted by Gasteiger charge is 2.30. The number of amidine groups is 1. The Labute approximate surface area is 186 Å². The number of nitrogens with one attached hydrogen (secondary N) is 1. The highest BCUT2D eigenvalue weighted by atomic mass is 19.4. The second kappa shape index (κ2) is 9.07. The Morgan fingerprint density at radius 1 is 1.09 bits per heavy atom. The number of alkyl halides is 3. The third-order valence-corrected chi connectivity index (χ3v) is 4.81. The van der Waals surface area contributed by atoms with Crippen LogP contribution >= 0.6 is 0 Å². The molecule has 0 spiro atoms. The number of anilines is 1. The SMILES string of the molecule is C[C@@H](c1ccc(-c2cncnc2)cc1)[n+]1cc(N=C([O-])Nc2cccc(C(F)(F)F)c2)on1. The van der Waals surface area contributed by atoms with Crippen molar-refractivity contribution in [2.45, 2.75) is 19.1 Å². The van der Waals surface area contributed by atoms with Crippen molar-refractivity contribution in [3.63, 3.8) is 0 Å². The standard InChI is InChI=1S/C22H17F3N6O2/c1-14(15-5-7-16(8-6-15)17-10-26-13-27-11-17)31-12-20(33-30-31)29-21(32)28-19-4-2-3-18(9-19)22(23,24)25/h2-14H,1H3,(H-,28,29,30,32)/t14-/m0/s1. The molecular weight excluding hydrogens is 437 g/mol. The Balaban J connectivity index is 1.45. The van der Waals surface area contributed by atoms with Gasteiger partial charge in [-0.1, -0.05) is 30.3 Å². The summed E-state index contributed by atoms with van der Waals surface area (Å²) >= 11 is 0. The van der Waals surface area contributed by atoms with E-state index in [-0.39, 0.29) is 17.6 Å². The van der Waals surface area contributed by atoms with Crippen LogP contribution < -0.4 is 15.1 Å². The van der Waals surface area contributed by atoms with Crippen LogP contribution in [0.25, 0.3) is 11.1 Å². The molecule has 0 aliphatic heterocycles. The summed E-state index contributed by atoms with van der Waals surface area (Å²) in [5.74, 6) is -0.0932. The molecule has 0 saturated carbocycles. The van der Waals surface area contributed by atoms with Crippen molar-refractivity contribution in [1.29, 1.82) is 0 Å². The van der Waals surface area contributed by atoms with Gasteiger partial charge >= 0.3 is 12.1 Å². The molecule has 8 nitrogen and oxygen atoms in total. The molecule has 4 aromatic rings. The number of hydrogen-bond acceptors (Lipinski definition) is 6. The summed E-state index contributed by atoms with van der Waals surface area (Å²) in [6.45, 7) is 1.88. The molecule has 0 radical (unpaired) electrons. The van der Waals surface area contributed by atoms with Crippen molar-refractivity contribution in [2.24, 2.45) is 4.99 Å². The minimum Gasteiger partial charge on any atom is -0.846 e. The highest BCUT2D eigenvalue weighted by molar-refractivity contribution is 5.87. The zero-order valence-electron chi connectivity index (χ0n) is 17.2. The van der Waals surface area contributed by atoms with Gasteiger partial charge in [-0.25, -0.2) is 15.0 Å². The summed E-state index contributed by atoms with van der Waals surface area (Å²) in [4.78, 5) is 11.7. The van der Waals surface area contributed by atoms with Crippen LogP contribution in [0.15, 0.2) is 83.0 Å². The van der Waals surface area contributed by atoms with E-state index in [2.05, 4.69) is 25.5 Å². The zero-order valence-corrected chi connectivity index (χ0v) is 17.2. The largest absolute Gasteiger partial charge is 0.846 e. The monoisotopic (exact) mass is 454 g/mol. The fourth-order valence-electron chi connectivity index (χ4n) is 3.06. The molecule has 33 heavy (non-hydrogen) atoms. The van der Waals surface area contributed by atoms with Gasteiger partial charge in [0.1, 0.15) is 6.33 Å². The number of hydrogen-bond donors (Lipinski definition) is 1. The van der Waals surface area contributed by atoms with E-state index in [1.54, 1.807) is 12.4 Å². The van der Waals surface area contributed by atoms with Gasteiger partial charge in [-0.05, 0) is 28.4 Å². The molecule has 0 unspecified atom stereocenters. The molecule has 0 aliphatic rings. The van der Waals surface area contributed by atoms with Gasteiger partial charge in [-0.15, -0.1) is 0 Å². The summed E-state index contributed by atoms with van der Waals surface area (Å²) in [7, 11) is 0. The van der Waals surface area contributed by atoms with Crippen LogP contribution in [0.3, 0.4) is 0 Å². The minimum atomic E-state index is -4.52. The molecule has 2 heterocycles. The topological polar surface area (TPSA) is 103 Å². The van der Waals surface area contributed by atoms with Crippen LogP contribution in [-0.4, -0.2) is 21.3 Å². The van der Waals surface area contributed by atoms with Crippen LogP contribution in [0.2, 0.25) is 0 Å². The Hall–Kier alpha value is -4.28. The molecule has 0 aliphatic carbocycles. The van der Waals surface area contributed by atoms with Gasteiger partial charge in [0.15, 0.2) is 0 Å². The Kier molecular flexibility index (Phi) is 6.03. The number of benzene rings is 2. The van der Waals surface area contributed by atoms with Crippen molar-refractivity contribution in [2.75, 3.05) is 5.32 Å². The predicted octanol–water partition coefficient (Wildman–Crippen LogP) is 3.51. The molecule has 2 aromatic carbocycles. The van der Waals surface area contributed by atoms with Gasteiger partial charge in [0, 0.05) is 36.1 Å². The van der Waals surface area contributed by atoms with E-state index in [4.69, 9.17) is 4.52 Å². The fourth-order valence-corrected chi connectivity index (χ4v) is 3.06.